The molecule has 1 aliphatic heterocycles. The summed E-state index contributed by atoms with van der Waals surface area (Å²) in [5, 5.41) is 3.95. The molecule has 1 saturated carbocycles. The van der Waals surface area contributed by atoms with Crippen LogP contribution in [-0.2, 0) is 31.9 Å². The molecule has 4 rings (SSSR count). The molecular weight excluding hydrogens is 459 g/mol. The molecule has 166 valence electrons. The number of halogens is 2. The molecule has 1 heterocycles. The fourth-order valence-corrected chi connectivity index (χ4v) is 5.76. The number of benzene rings is 2. The number of nitrogens with zero attached hydrogens (tertiary/aromatic N) is 1. The van der Waals surface area contributed by atoms with Gasteiger partial charge in [0.1, 0.15) is 0 Å². The Balaban J connectivity index is 1.37. The van der Waals surface area contributed by atoms with Crippen LogP contribution in [0.3, 0.4) is 0 Å². The average Bonchev–Trinajstić information content (AvgIpc) is 3.56. The van der Waals surface area contributed by atoms with E-state index in [4.69, 9.17) is 27.9 Å². The van der Waals surface area contributed by atoms with Crippen LogP contribution in [0, 0.1) is 5.92 Å². The van der Waals surface area contributed by atoms with Crippen molar-refractivity contribution >= 4 is 39.1 Å². The van der Waals surface area contributed by atoms with Crippen molar-refractivity contribution < 1.29 is 17.9 Å². The minimum atomic E-state index is -3.44. The highest BCUT2D eigenvalue weighted by atomic mass is 35.5. The van der Waals surface area contributed by atoms with Gasteiger partial charge in [0.2, 0.25) is 15.9 Å². The Kier molecular flexibility index (Phi) is 6.89. The number of nitrogens with one attached hydrogen (secondary N) is 1. The highest BCUT2D eigenvalue weighted by Gasteiger charge is 2.44. The molecule has 6 nitrogen and oxygen atoms in total. The van der Waals surface area contributed by atoms with Crippen molar-refractivity contribution in [1.29, 1.82) is 0 Å². The Morgan fingerprint density at radius 1 is 1.06 bits per heavy atom. The highest BCUT2D eigenvalue weighted by molar-refractivity contribution is 7.88. The molecule has 0 bridgehead atoms. The zero-order valence-electron chi connectivity index (χ0n) is 16.9. The molecule has 2 aliphatic rings. The van der Waals surface area contributed by atoms with Gasteiger partial charge in [-0.05, 0) is 41.2 Å². The number of amides is 1. The molecule has 9 heteroatoms. The van der Waals surface area contributed by atoms with Crippen LogP contribution in [-0.4, -0.2) is 44.9 Å². The second kappa shape index (κ2) is 9.46. The largest absolute Gasteiger partial charge is 0.379 e. The number of hydrogen-bond acceptors (Lipinski definition) is 4. The van der Waals surface area contributed by atoms with E-state index >= 15 is 0 Å². The molecule has 1 amide bonds. The molecule has 1 aliphatic carbocycles. The maximum Gasteiger partial charge on any atom is 0.224 e. The summed E-state index contributed by atoms with van der Waals surface area (Å²) in [6, 6.07) is 12.8. The minimum absolute atomic E-state index is 0.0399. The summed E-state index contributed by atoms with van der Waals surface area (Å²) in [7, 11) is -3.44. The van der Waals surface area contributed by atoms with Gasteiger partial charge in [0.25, 0.3) is 0 Å². The molecule has 2 atom stereocenters. The number of rotatable bonds is 7. The standard InChI is InChI=1S/C22H24Cl2N2O4S/c23-20-6-5-15(11-21(20)24)18-12-19(18)22(27)25-13-16-3-1-2-4-17(16)14-31(28,29)26-7-9-30-10-8-26/h1-6,11,18-19H,7-10,12-14H2,(H,25,27). The number of sulfonamides is 1. The molecule has 2 aromatic rings. The van der Waals surface area contributed by atoms with Gasteiger partial charge in [-0.25, -0.2) is 8.42 Å². The van der Waals surface area contributed by atoms with Crippen LogP contribution in [0.1, 0.15) is 29.0 Å². The summed E-state index contributed by atoms with van der Waals surface area (Å²) >= 11 is 12.1. The maximum absolute atomic E-state index is 12.8. The molecule has 2 aromatic carbocycles. The third-order valence-electron chi connectivity index (χ3n) is 5.77. The predicted molar refractivity (Wildman–Crippen MR) is 121 cm³/mol. The van der Waals surface area contributed by atoms with E-state index < -0.39 is 10.0 Å². The van der Waals surface area contributed by atoms with Gasteiger partial charge in [-0.2, -0.15) is 4.31 Å². The highest BCUT2D eigenvalue weighted by Crippen LogP contribution is 2.48. The summed E-state index contributed by atoms with van der Waals surface area (Å²) < 4.78 is 32.3. The zero-order valence-corrected chi connectivity index (χ0v) is 19.2. The van der Waals surface area contributed by atoms with Gasteiger partial charge in [-0.3, -0.25) is 4.79 Å². The molecule has 0 spiro atoms. The Hall–Kier alpha value is -1.64. The number of carbonyl (C=O) groups is 1. The van der Waals surface area contributed by atoms with Crippen molar-refractivity contribution in [2.45, 2.75) is 24.6 Å². The number of ether oxygens (including phenoxy) is 1. The second-order valence-corrected chi connectivity index (χ2v) is 10.7. The first-order chi connectivity index (χ1) is 14.8. The van der Waals surface area contributed by atoms with Gasteiger partial charge >= 0.3 is 0 Å². The van der Waals surface area contributed by atoms with Gasteiger partial charge in [0.15, 0.2) is 0 Å². The van der Waals surface area contributed by atoms with Crippen LogP contribution in [0.2, 0.25) is 10.0 Å². The van der Waals surface area contributed by atoms with E-state index in [2.05, 4.69) is 5.32 Å². The Labute approximate surface area is 192 Å². The fraction of sp³-hybridized carbons (Fsp3) is 0.409. The van der Waals surface area contributed by atoms with E-state index in [0.29, 0.717) is 41.9 Å². The fourth-order valence-electron chi connectivity index (χ4n) is 3.89. The SMILES string of the molecule is O=C(NCc1ccccc1CS(=O)(=O)N1CCOCC1)C1CC1c1ccc(Cl)c(Cl)c1. The van der Waals surface area contributed by atoms with E-state index in [1.54, 1.807) is 12.1 Å². The van der Waals surface area contributed by atoms with Crippen LogP contribution in [0.25, 0.3) is 0 Å². The lowest BCUT2D eigenvalue weighted by Crippen LogP contribution is -2.41. The Morgan fingerprint density at radius 3 is 2.48 bits per heavy atom. The predicted octanol–water partition coefficient (Wildman–Crippen LogP) is 3.58. The van der Waals surface area contributed by atoms with Crippen molar-refractivity contribution in [3.8, 4) is 0 Å². The number of hydrogen-bond donors (Lipinski definition) is 1. The smallest absolute Gasteiger partial charge is 0.224 e. The molecule has 1 N–H and O–H groups in total. The van der Waals surface area contributed by atoms with Crippen molar-refractivity contribution in [3.05, 3.63) is 69.2 Å². The lowest BCUT2D eigenvalue weighted by atomic mass is 10.1. The minimum Gasteiger partial charge on any atom is -0.379 e. The van der Waals surface area contributed by atoms with Gasteiger partial charge < -0.3 is 10.1 Å². The molecular formula is C22H24Cl2N2O4S. The summed E-state index contributed by atoms with van der Waals surface area (Å²) in [5.41, 5.74) is 2.51. The van der Waals surface area contributed by atoms with E-state index in [1.165, 1.54) is 4.31 Å². The molecule has 0 aromatic heterocycles. The summed E-state index contributed by atoms with van der Waals surface area (Å²) in [6.45, 7) is 1.87. The lowest BCUT2D eigenvalue weighted by molar-refractivity contribution is -0.122. The summed E-state index contributed by atoms with van der Waals surface area (Å²) in [6.07, 6.45) is 0.761. The van der Waals surface area contributed by atoms with Crippen molar-refractivity contribution in [2.24, 2.45) is 5.92 Å². The first kappa shape index (κ1) is 22.6. The molecule has 0 radical (unpaired) electrons. The van der Waals surface area contributed by atoms with E-state index in [0.717, 1.165) is 17.5 Å². The maximum atomic E-state index is 12.8. The molecule has 2 unspecified atom stereocenters. The third-order valence-corrected chi connectivity index (χ3v) is 8.34. The van der Waals surface area contributed by atoms with Gasteiger partial charge in [0, 0.05) is 25.6 Å². The van der Waals surface area contributed by atoms with Gasteiger partial charge in [0.05, 0.1) is 29.0 Å². The summed E-state index contributed by atoms with van der Waals surface area (Å²) in [5.74, 6) is -0.107. The molecule has 2 fully saturated rings. The first-order valence-corrected chi connectivity index (χ1v) is 12.6. The van der Waals surface area contributed by atoms with Crippen molar-refractivity contribution in [3.63, 3.8) is 0 Å². The lowest BCUT2D eigenvalue weighted by Gasteiger charge is -2.26. The van der Waals surface area contributed by atoms with E-state index in [1.807, 2.05) is 30.3 Å². The van der Waals surface area contributed by atoms with Crippen LogP contribution < -0.4 is 5.32 Å². The van der Waals surface area contributed by atoms with Crippen LogP contribution >= 0.6 is 23.2 Å². The Morgan fingerprint density at radius 2 is 1.77 bits per heavy atom. The van der Waals surface area contributed by atoms with Gasteiger partial charge in [-0.1, -0.05) is 53.5 Å². The van der Waals surface area contributed by atoms with Crippen LogP contribution in [0.15, 0.2) is 42.5 Å². The number of morpholine rings is 1. The van der Waals surface area contributed by atoms with Crippen LogP contribution in [0.5, 0.6) is 0 Å². The van der Waals surface area contributed by atoms with Crippen molar-refractivity contribution in [2.75, 3.05) is 26.3 Å². The van der Waals surface area contributed by atoms with E-state index in [9.17, 15) is 13.2 Å². The average molecular weight is 483 g/mol. The summed E-state index contributed by atoms with van der Waals surface area (Å²) in [4.78, 5) is 12.6. The monoisotopic (exact) mass is 482 g/mol. The first-order valence-electron chi connectivity index (χ1n) is 10.2. The van der Waals surface area contributed by atoms with Crippen LogP contribution in [0.4, 0.5) is 0 Å². The zero-order chi connectivity index (χ0) is 22.0. The van der Waals surface area contributed by atoms with E-state index in [-0.39, 0.29) is 30.0 Å². The molecule has 31 heavy (non-hydrogen) atoms. The van der Waals surface area contributed by atoms with Crippen molar-refractivity contribution in [1.82, 2.24) is 9.62 Å². The third kappa shape index (κ3) is 5.41. The second-order valence-electron chi connectivity index (χ2n) is 7.88. The topological polar surface area (TPSA) is 75.7 Å². The number of carbonyl (C=O) groups excluding carboxylic acids is 1. The van der Waals surface area contributed by atoms with Gasteiger partial charge in [-0.15, -0.1) is 0 Å². The molecule has 1 saturated heterocycles. The Bertz CT molecular complexity index is 1070. The quantitative estimate of drug-likeness (QED) is 0.654. The normalized spacial score (nSPS) is 21.6.